The molecule has 0 radical (unpaired) electrons. The molecule has 0 unspecified atom stereocenters. The van der Waals surface area contributed by atoms with Crippen LogP contribution < -0.4 is 0 Å². The van der Waals surface area contributed by atoms with Crippen molar-refractivity contribution in [3.8, 4) is 0 Å². The first-order chi connectivity index (χ1) is 11.7. The SMILES string of the molecule is CCn1cncc1CN1[C@H]2CC[C@@H]1c1cnc3cc(C)nn3c1C2. The first kappa shape index (κ1) is 14.2. The summed E-state index contributed by atoms with van der Waals surface area (Å²) in [5, 5.41) is 4.67. The van der Waals surface area contributed by atoms with Crippen LogP contribution in [-0.4, -0.2) is 35.1 Å². The van der Waals surface area contributed by atoms with E-state index >= 15 is 0 Å². The van der Waals surface area contributed by atoms with Crippen LogP contribution in [0.5, 0.6) is 0 Å². The van der Waals surface area contributed by atoms with Crippen molar-refractivity contribution >= 4 is 5.65 Å². The van der Waals surface area contributed by atoms with E-state index in [1.807, 2.05) is 19.4 Å². The first-order valence-electron chi connectivity index (χ1n) is 8.83. The van der Waals surface area contributed by atoms with E-state index in [1.54, 1.807) is 0 Å². The lowest BCUT2D eigenvalue weighted by Crippen LogP contribution is -2.38. The third-order valence-corrected chi connectivity index (χ3v) is 5.65. The monoisotopic (exact) mass is 322 g/mol. The van der Waals surface area contributed by atoms with Gasteiger partial charge in [-0.15, -0.1) is 0 Å². The maximum Gasteiger partial charge on any atom is 0.155 e. The van der Waals surface area contributed by atoms with E-state index < -0.39 is 0 Å². The zero-order valence-electron chi connectivity index (χ0n) is 14.2. The minimum absolute atomic E-state index is 0.459. The molecule has 0 aliphatic carbocycles. The molecular formula is C18H22N6. The highest BCUT2D eigenvalue weighted by molar-refractivity contribution is 5.44. The van der Waals surface area contributed by atoms with Gasteiger partial charge in [-0.1, -0.05) is 0 Å². The standard InChI is InChI=1S/C18H22N6/c1-3-22-11-19-8-14(22)10-23-13-4-5-16(23)15-9-20-18-6-12(2)21-24(18)17(15)7-13/h6,8-9,11,13,16H,3-5,7,10H2,1-2H3/t13-,16+/m0/s1. The summed E-state index contributed by atoms with van der Waals surface area (Å²) in [5.41, 5.74) is 6.05. The molecule has 0 saturated carbocycles. The zero-order chi connectivity index (χ0) is 16.3. The van der Waals surface area contributed by atoms with Crippen molar-refractivity contribution in [1.82, 2.24) is 29.0 Å². The highest BCUT2D eigenvalue weighted by atomic mass is 15.3. The fourth-order valence-electron chi connectivity index (χ4n) is 4.50. The molecule has 2 atom stereocenters. The molecule has 5 heterocycles. The zero-order valence-corrected chi connectivity index (χ0v) is 14.2. The van der Waals surface area contributed by atoms with Crippen molar-refractivity contribution in [1.29, 1.82) is 0 Å². The molecule has 1 fully saturated rings. The third-order valence-electron chi connectivity index (χ3n) is 5.65. The largest absolute Gasteiger partial charge is 0.334 e. The number of nitrogens with zero attached hydrogens (tertiary/aromatic N) is 6. The predicted octanol–water partition coefficient (Wildman–Crippen LogP) is 2.52. The lowest BCUT2D eigenvalue weighted by molar-refractivity contribution is 0.161. The van der Waals surface area contributed by atoms with Gasteiger partial charge in [0.1, 0.15) is 0 Å². The van der Waals surface area contributed by atoms with Gasteiger partial charge in [-0.25, -0.2) is 14.5 Å². The Hall–Kier alpha value is -2.21. The van der Waals surface area contributed by atoms with E-state index in [9.17, 15) is 0 Å². The summed E-state index contributed by atoms with van der Waals surface area (Å²) in [4.78, 5) is 11.6. The second-order valence-corrected chi connectivity index (χ2v) is 7.01. The molecular weight excluding hydrogens is 300 g/mol. The molecule has 1 saturated heterocycles. The van der Waals surface area contributed by atoms with Crippen LogP contribution in [0.4, 0.5) is 0 Å². The van der Waals surface area contributed by atoms with E-state index in [0.717, 1.165) is 30.9 Å². The number of rotatable bonds is 3. The maximum absolute atomic E-state index is 4.67. The van der Waals surface area contributed by atoms with Gasteiger partial charge in [0.05, 0.1) is 23.4 Å². The van der Waals surface area contributed by atoms with Gasteiger partial charge in [0.25, 0.3) is 0 Å². The van der Waals surface area contributed by atoms with Crippen LogP contribution in [0, 0.1) is 6.92 Å². The van der Waals surface area contributed by atoms with Gasteiger partial charge in [0, 0.05) is 55.6 Å². The molecule has 0 aromatic carbocycles. The van der Waals surface area contributed by atoms with Crippen molar-refractivity contribution in [2.45, 2.75) is 58.3 Å². The van der Waals surface area contributed by atoms with Crippen LogP contribution in [-0.2, 0) is 19.5 Å². The van der Waals surface area contributed by atoms with Gasteiger partial charge in [0.15, 0.2) is 5.65 Å². The summed E-state index contributed by atoms with van der Waals surface area (Å²) in [7, 11) is 0. The molecule has 3 aromatic rings. The lowest BCUT2D eigenvalue weighted by Gasteiger charge is -2.36. The summed E-state index contributed by atoms with van der Waals surface area (Å²) < 4.78 is 4.32. The van der Waals surface area contributed by atoms with E-state index in [1.165, 1.54) is 29.8 Å². The van der Waals surface area contributed by atoms with Crippen LogP contribution in [0.2, 0.25) is 0 Å². The molecule has 124 valence electrons. The fourth-order valence-corrected chi connectivity index (χ4v) is 4.50. The number of hydrogen-bond acceptors (Lipinski definition) is 4. The normalized spacial score (nSPS) is 23.1. The number of fused-ring (bicyclic) bond motifs is 6. The smallest absolute Gasteiger partial charge is 0.155 e. The predicted molar refractivity (Wildman–Crippen MR) is 90.6 cm³/mol. The Balaban J connectivity index is 1.54. The lowest BCUT2D eigenvalue weighted by atomic mass is 9.99. The van der Waals surface area contributed by atoms with Gasteiger partial charge in [0.2, 0.25) is 0 Å². The van der Waals surface area contributed by atoms with Crippen molar-refractivity contribution in [3.63, 3.8) is 0 Å². The molecule has 2 aliphatic rings. The summed E-state index contributed by atoms with van der Waals surface area (Å²) in [6.45, 7) is 6.16. The van der Waals surface area contributed by atoms with E-state index in [-0.39, 0.29) is 0 Å². The Morgan fingerprint density at radius 3 is 3.04 bits per heavy atom. The average molecular weight is 322 g/mol. The summed E-state index contributed by atoms with van der Waals surface area (Å²) >= 11 is 0. The van der Waals surface area contributed by atoms with Crippen LogP contribution in [0.15, 0.2) is 24.8 Å². The Labute approximate surface area is 141 Å². The quantitative estimate of drug-likeness (QED) is 0.743. The maximum atomic E-state index is 4.67. The average Bonchev–Trinajstić information content (AvgIpc) is 3.25. The van der Waals surface area contributed by atoms with E-state index in [0.29, 0.717) is 12.1 Å². The molecule has 2 aliphatic heterocycles. The van der Waals surface area contributed by atoms with Crippen molar-refractivity contribution < 1.29 is 0 Å². The molecule has 0 amide bonds. The molecule has 0 spiro atoms. The van der Waals surface area contributed by atoms with Gasteiger partial charge in [-0.05, 0) is 26.7 Å². The van der Waals surface area contributed by atoms with Crippen LogP contribution in [0.1, 0.15) is 48.5 Å². The van der Waals surface area contributed by atoms with E-state index in [4.69, 9.17) is 0 Å². The molecule has 5 rings (SSSR count). The second kappa shape index (κ2) is 5.14. The van der Waals surface area contributed by atoms with Crippen molar-refractivity contribution in [2.75, 3.05) is 0 Å². The number of hydrogen-bond donors (Lipinski definition) is 0. The van der Waals surface area contributed by atoms with Gasteiger partial charge >= 0.3 is 0 Å². The summed E-state index contributed by atoms with van der Waals surface area (Å²) in [5.74, 6) is 0. The third kappa shape index (κ3) is 1.95. The molecule has 0 N–H and O–H groups in total. The van der Waals surface area contributed by atoms with Gasteiger partial charge in [-0.2, -0.15) is 5.10 Å². The first-order valence-corrected chi connectivity index (χ1v) is 8.83. The molecule has 24 heavy (non-hydrogen) atoms. The number of aryl methyl sites for hydroxylation is 2. The molecule has 3 aromatic heterocycles. The van der Waals surface area contributed by atoms with Crippen LogP contribution in [0.3, 0.4) is 0 Å². The molecule has 6 heteroatoms. The molecule has 2 bridgehead atoms. The summed E-state index contributed by atoms with van der Waals surface area (Å²) in [6.07, 6.45) is 9.56. The Bertz CT molecular complexity index is 908. The Kier molecular flexibility index (Phi) is 3.03. The van der Waals surface area contributed by atoms with Crippen LogP contribution >= 0.6 is 0 Å². The number of imidazole rings is 1. The van der Waals surface area contributed by atoms with E-state index in [2.05, 4.69) is 48.2 Å². The Morgan fingerprint density at radius 1 is 1.25 bits per heavy atom. The minimum Gasteiger partial charge on any atom is -0.334 e. The molecule has 6 nitrogen and oxygen atoms in total. The summed E-state index contributed by atoms with van der Waals surface area (Å²) in [6, 6.07) is 3.12. The van der Waals surface area contributed by atoms with Crippen LogP contribution in [0.25, 0.3) is 5.65 Å². The Morgan fingerprint density at radius 2 is 2.17 bits per heavy atom. The topological polar surface area (TPSA) is 51.2 Å². The number of aromatic nitrogens is 5. The fraction of sp³-hybridized carbons (Fsp3) is 0.500. The minimum atomic E-state index is 0.459. The van der Waals surface area contributed by atoms with Gasteiger partial charge in [-0.3, -0.25) is 4.90 Å². The highest BCUT2D eigenvalue weighted by Crippen LogP contribution is 2.44. The van der Waals surface area contributed by atoms with Crippen molar-refractivity contribution in [2.24, 2.45) is 0 Å². The second-order valence-electron chi connectivity index (χ2n) is 7.01. The van der Waals surface area contributed by atoms with Crippen molar-refractivity contribution in [3.05, 3.63) is 47.4 Å². The highest BCUT2D eigenvalue weighted by Gasteiger charge is 2.41. The van der Waals surface area contributed by atoms with Gasteiger partial charge < -0.3 is 4.57 Å².